The third kappa shape index (κ3) is 2.26. The molecule has 5 heteroatoms. The number of imidazole rings is 1. The number of pyridine rings is 1. The second kappa shape index (κ2) is 4.98. The van der Waals surface area contributed by atoms with Crippen molar-refractivity contribution >= 4 is 23.2 Å². The second-order valence-electron chi connectivity index (χ2n) is 8.17. The van der Waals surface area contributed by atoms with Crippen molar-refractivity contribution in [1.82, 2.24) is 9.38 Å². The highest BCUT2D eigenvalue weighted by molar-refractivity contribution is 6.24. The number of hydrogen-bond donors (Lipinski definition) is 0. The molecule has 4 fully saturated rings. The Kier molecular flexibility index (Phi) is 3.06. The topological polar surface area (TPSA) is 43.6 Å². The number of hydrogen-bond acceptors (Lipinski definition) is 3. The summed E-state index contributed by atoms with van der Waals surface area (Å²) in [6, 6.07) is 5.86. The predicted molar refractivity (Wildman–Crippen MR) is 90.7 cm³/mol. The van der Waals surface area contributed by atoms with Gasteiger partial charge in [-0.1, -0.05) is 6.07 Å². The van der Waals surface area contributed by atoms with E-state index in [1.807, 2.05) is 35.0 Å². The molecule has 4 bridgehead atoms. The zero-order valence-corrected chi connectivity index (χ0v) is 14.3. The van der Waals surface area contributed by atoms with Crippen molar-refractivity contribution in [2.24, 2.45) is 17.3 Å². The molecule has 0 amide bonds. The summed E-state index contributed by atoms with van der Waals surface area (Å²) < 4.78 is 7.66. The van der Waals surface area contributed by atoms with Crippen LogP contribution in [0.25, 0.3) is 5.65 Å². The van der Waals surface area contributed by atoms with E-state index in [1.165, 1.54) is 6.42 Å². The number of carbonyl (C=O) groups is 1. The van der Waals surface area contributed by atoms with E-state index in [9.17, 15) is 4.79 Å². The lowest BCUT2D eigenvalue weighted by Crippen LogP contribution is -2.56. The number of esters is 1. The Hall–Kier alpha value is -1.55. The first-order valence-electron chi connectivity index (χ1n) is 8.82. The van der Waals surface area contributed by atoms with Gasteiger partial charge >= 0.3 is 5.97 Å². The highest BCUT2D eigenvalue weighted by atomic mass is 35.5. The first kappa shape index (κ1) is 14.8. The van der Waals surface area contributed by atoms with Crippen LogP contribution in [0, 0.1) is 17.3 Å². The van der Waals surface area contributed by atoms with Gasteiger partial charge in [0.25, 0.3) is 0 Å². The van der Waals surface area contributed by atoms with Crippen LogP contribution in [-0.4, -0.2) is 20.2 Å². The third-order valence-corrected chi connectivity index (χ3v) is 6.63. The van der Waals surface area contributed by atoms with Crippen LogP contribution in [0.4, 0.5) is 0 Å². The zero-order valence-electron chi connectivity index (χ0n) is 13.6. The molecule has 4 atom stereocenters. The third-order valence-electron chi connectivity index (χ3n) is 6.19. The van der Waals surface area contributed by atoms with E-state index in [-0.39, 0.29) is 22.9 Å². The molecule has 126 valence electrons. The lowest BCUT2D eigenvalue weighted by Gasteiger charge is -2.58. The van der Waals surface area contributed by atoms with E-state index in [4.69, 9.17) is 16.3 Å². The van der Waals surface area contributed by atoms with Gasteiger partial charge in [-0.3, -0.25) is 4.79 Å². The average molecular weight is 345 g/mol. The quantitative estimate of drug-likeness (QED) is 0.625. The number of aromatic nitrogens is 2. The van der Waals surface area contributed by atoms with E-state index >= 15 is 0 Å². The van der Waals surface area contributed by atoms with E-state index in [0.717, 1.165) is 43.4 Å². The molecule has 4 nitrogen and oxygen atoms in total. The Balaban J connectivity index is 1.33. The van der Waals surface area contributed by atoms with Gasteiger partial charge in [0.15, 0.2) is 0 Å². The van der Waals surface area contributed by atoms with E-state index in [1.54, 1.807) is 0 Å². The molecule has 4 aliphatic rings. The van der Waals surface area contributed by atoms with Gasteiger partial charge in [0, 0.05) is 17.3 Å². The van der Waals surface area contributed by atoms with Crippen molar-refractivity contribution in [3.63, 3.8) is 0 Å². The lowest BCUT2D eigenvalue weighted by molar-refractivity contribution is -0.171. The summed E-state index contributed by atoms with van der Waals surface area (Å²) in [6.45, 7) is 0.243. The van der Waals surface area contributed by atoms with Gasteiger partial charge in [-0.25, -0.2) is 4.98 Å². The van der Waals surface area contributed by atoms with Crippen LogP contribution in [0.3, 0.4) is 0 Å². The standard InChI is InChI=1S/C19H21ClN2O2/c20-19-8-13-5-14(9-19)7-18(6-13,12-19)17(23)24-11-15-10-22-4-2-1-3-16(22)21-15/h1-4,10,13-14H,5-9,11-12H2/t13-,14+,18?,19?. The van der Waals surface area contributed by atoms with Crippen molar-refractivity contribution in [2.45, 2.75) is 50.0 Å². The van der Waals surface area contributed by atoms with Crippen LogP contribution in [0.15, 0.2) is 30.6 Å². The maximum absolute atomic E-state index is 12.9. The minimum Gasteiger partial charge on any atom is -0.459 e. The van der Waals surface area contributed by atoms with Crippen LogP contribution in [0.2, 0.25) is 0 Å². The normalized spacial score (nSPS) is 37.0. The lowest BCUT2D eigenvalue weighted by atomic mass is 9.49. The molecule has 2 aromatic rings. The molecule has 0 spiro atoms. The maximum atomic E-state index is 12.9. The Morgan fingerprint density at radius 3 is 2.79 bits per heavy atom. The summed E-state index contributed by atoms with van der Waals surface area (Å²) >= 11 is 6.81. The molecule has 0 radical (unpaired) electrons. The molecule has 0 aliphatic heterocycles. The smallest absolute Gasteiger partial charge is 0.312 e. The van der Waals surface area contributed by atoms with Gasteiger partial charge < -0.3 is 9.14 Å². The number of nitrogens with zero attached hydrogens (tertiary/aromatic N) is 2. The first-order chi connectivity index (χ1) is 11.5. The summed E-state index contributed by atoms with van der Waals surface area (Å²) in [7, 11) is 0. The fraction of sp³-hybridized carbons (Fsp3) is 0.579. The summed E-state index contributed by atoms with van der Waals surface area (Å²) in [5.74, 6) is 1.15. The number of ether oxygens (including phenoxy) is 1. The highest BCUT2D eigenvalue weighted by Gasteiger charge is 2.60. The monoisotopic (exact) mass is 344 g/mol. The fourth-order valence-electron chi connectivity index (χ4n) is 5.74. The Labute approximate surface area is 146 Å². The number of carbonyl (C=O) groups excluding carboxylic acids is 1. The number of rotatable bonds is 3. The molecule has 0 saturated heterocycles. The minimum absolute atomic E-state index is 0.0568. The molecule has 2 unspecified atom stereocenters. The van der Waals surface area contributed by atoms with Gasteiger partial charge in [-0.05, 0) is 62.5 Å². The largest absolute Gasteiger partial charge is 0.459 e. The second-order valence-corrected chi connectivity index (χ2v) is 8.97. The minimum atomic E-state index is -0.342. The van der Waals surface area contributed by atoms with Crippen LogP contribution in [-0.2, 0) is 16.1 Å². The molecule has 0 aromatic carbocycles. The first-order valence-corrected chi connectivity index (χ1v) is 9.20. The van der Waals surface area contributed by atoms with Crippen LogP contribution in [0.5, 0.6) is 0 Å². The molecule has 2 aromatic heterocycles. The molecule has 24 heavy (non-hydrogen) atoms. The van der Waals surface area contributed by atoms with E-state index < -0.39 is 0 Å². The highest BCUT2D eigenvalue weighted by Crippen LogP contribution is 2.64. The van der Waals surface area contributed by atoms with Crippen LogP contribution in [0.1, 0.15) is 44.2 Å². The summed E-state index contributed by atoms with van der Waals surface area (Å²) in [5, 5.41) is 0. The number of alkyl halides is 1. The van der Waals surface area contributed by atoms with Crippen molar-refractivity contribution in [2.75, 3.05) is 0 Å². The molecule has 4 aliphatic carbocycles. The summed E-state index contributed by atoms with van der Waals surface area (Å²) in [4.78, 5) is 17.3. The van der Waals surface area contributed by atoms with Gasteiger partial charge in [0.1, 0.15) is 12.3 Å². The molecule has 0 N–H and O–H groups in total. The number of fused-ring (bicyclic) bond motifs is 1. The zero-order chi connectivity index (χ0) is 16.4. The van der Waals surface area contributed by atoms with Gasteiger partial charge in [0.05, 0.1) is 11.1 Å². The fourth-order valence-corrected chi connectivity index (χ4v) is 6.43. The van der Waals surface area contributed by atoms with Crippen molar-refractivity contribution < 1.29 is 9.53 Å². The van der Waals surface area contributed by atoms with Gasteiger partial charge in [-0.15, -0.1) is 11.6 Å². The van der Waals surface area contributed by atoms with Gasteiger partial charge in [-0.2, -0.15) is 0 Å². The molecule has 4 saturated carbocycles. The molecule has 2 heterocycles. The van der Waals surface area contributed by atoms with Crippen molar-refractivity contribution in [3.8, 4) is 0 Å². The van der Waals surface area contributed by atoms with E-state index in [0.29, 0.717) is 11.8 Å². The predicted octanol–water partition coefficient (Wildman–Crippen LogP) is 3.96. The summed E-state index contributed by atoms with van der Waals surface area (Å²) in [5.41, 5.74) is 1.32. The Bertz CT molecular complexity index is 768. The number of halogens is 1. The van der Waals surface area contributed by atoms with Gasteiger partial charge in [0.2, 0.25) is 0 Å². The average Bonchev–Trinajstić information content (AvgIpc) is 2.93. The molecule has 6 rings (SSSR count). The summed E-state index contributed by atoms with van der Waals surface area (Å²) in [6.07, 6.45) is 9.98. The SMILES string of the molecule is O=C(OCc1cn2ccccc2n1)C12C[C@@H]3C[C@@H](CC(Cl)(C3)C1)C2. The Morgan fingerprint density at radius 1 is 1.29 bits per heavy atom. The van der Waals surface area contributed by atoms with E-state index in [2.05, 4.69) is 4.98 Å². The van der Waals surface area contributed by atoms with Crippen molar-refractivity contribution in [1.29, 1.82) is 0 Å². The Morgan fingerprint density at radius 2 is 2.08 bits per heavy atom. The van der Waals surface area contributed by atoms with Crippen molar-refractivity contribution in [3.05, 3.63) is 36.3 Å². The molecular weight excluding hydrogens is 324 g/mol. The molecular formula is C19H21ClN2O2. The van der Waals surface area contributed by atoms with Crippen LogP contribution < -0.4 is 0 Å². The maximum Gasteiger partial charge on any atom is 0.312 e. The van der Waals surface area contributed by atoms with Crippen LogP contribution >= 0.6 is 11.6 Å².